The molecule has 0 radical (unpaired) electrons. The average Bonchev–Trinajstić information content (AvgIpc) is 2.58. The molecule has 24 heavy (non-hydrogen) atoms. The van der Waals surface area contributed by atoms with Crippen molar-refractivity contribution in [3.8, 4) is 0 Å². The van der Waals surface area contributed by atoms with E-state index in [1.165, 1.54) is 0 Å². The Bertz CT molecular complexity index is 1350. The lowest BCUT2D eigenvalue weighted by Crippen LogP contribution is -2.17. The Hall–Kier alpha value is -3.54. The number of amides is 1. The van der Waals surface area contributed by atoms with Crippen LogP contribution in [0.2, 0.25) is 0 Å². The second-order valence-electron chi connectivity index (χ2n) is 5.59. The molecule has 0 fully saturated rings. The van der Waals surface area contributed by atoms with Gasteiger partial charge < -0.3 is 10.2 Å². The fraction of sp³-hybridized carbons (Fsp3) is 0. The number of hydrogen-bond acceptors (Lipinski definition) is 5. The van der Waals surface area contributed by atoms with Crippen molar-refractivity contribution in [3.63, 3.8) is 0 Å². The van der Waals surface area contributed by atoms with Gasteiger partial charge in [-0.05, 0) is 17.5 Å². The van der Waals surface area contributed by atoms with E-state index in [0.29, 0.717) is 33.0 Å². The van der Waals surface area contributed by atoms with Crippen LogP contribution in [0.15, 0.2) is 51.7 Å². The first kappa shape index (κ1) is 13.0. The molecule has 0 aliphatic rings. The number of rotatable bonds is 1. The summed E-state index contributed by atoms with van der Waals surface area (Å²) in [5.74, 6) is -0.731. The van der Waals surface area contributed by atoms with Crippen molar-refractivity contribution in [2.45, 2.75) is 0 Å². The number of aromatic nitrogens is 2. The Labute approximate surface area is 133 Å². The first-order valence-corrected chi connectivity index (χ1v) is 7.32. The number of primary amides is 1. The molecule has 114 valence electrons. The smallest absolute Gasteiger partial charge is 0.345 e. The van der Waals surface area contributed by atoms with E-state index in [-0.39, 0.29) is 10.9 Å². The Morgan fingerprint density at radius 2 is 1.71 bits per heavy atom. The van der Waals surface area contributed by atoms with Crippen molar-refractivity contribution >= 4 is 49.7 Å². The molecule has 2 heterocycles. The minimum atomic E-state index is -0.731. The summed E-state index contributed by atoms with van der Waals surface area (Å²) in [6.07, 6.45) is 0. The van der Waals surface area contributed by atoms with E-state index in [9.17, 15) is 9.59 Å². The molecule has 3 bridgehead atoms. The summed E-state index contributed by atoms with van der Waals surface area (Å²) in [5, 5.41) is 1.43. The molecule has 1 amide bonds. The first-order chi connectivity index (χ1) is 11.6. The zero-order chi connectivity index (χ0) is 16.4. The molecule has 5 aromatic rings. The molecular weight excluding hydrogens is 306 g/mol. The van der Waals surface area contributed by atoms with Gasteiger partial charge in [0, 0.05) is 5.39 Å². The zero-order valence-electron chi connectivity index (χ0n) is 12.2. The van der Waals surface area contributed by atoms with Gasteiger partial charge >= 0.3 is 5.63 Å². The molecular formula is C18H9N3O3. The maximum absolute atomic E-state index is 12.8. The maximum Gasteiger partial charge on any atom is 0.345 e. The number of para-hydroxylation sites is 1. The van der Waals surface area contributed by atoms with Gasteiger partial charge in [0.2, 0.25) is 0 Å². The van der Waals surface area contributed by atoms with Gasteiger partial charge in [-0.1, -0.05) is 30.3 Å². The van der Waals surface area contributed by atoms with E-state index in [4.69, 9.17) is 10.2 Å². The molecule has 0 saturated carbocycles. The lowest BCUT2D eigenvalue weighted by molar-refractivity contribution is 0.100. The molecule has 0 aliphatic heterocycles. The van der Waals surface area contributed by atoms with Crippen LogP contribution in [-0.2, 0) is 0 Å². The number of nitrogens with zero attached hydrogens (tertiary/aromatic N) is 2. The summed E-state index contributed by atoms with van der Waals surface area (Å²) < 4.78 is 5.48. The van der Waals surface area contributed by atoms with Crippen molar-refractivity contribution in [1.82, 2.24) is 9.97 Å². The molecule has 0 aliphatic carbocycles. The average molecular weight is 315 g/mol. The molecule has 3 aromatic carbocycles. The highest BCUT2D eigenvalue weighted by Crippen LogP contribution is 2.32. The van der Waals surface area contributed by atoms with Gasteiger partial charge in [-0.25, -0.2) is 14.8 Å². The van der Waals surface area contributed by atoms with Crippen LogP contribution in [0.25, 0.3) is 43.8 Å². The van der Waals surface area contributed by atoms with Crippen LogP contribution in [-0.4, -0.2) is 15.9 Å². The zero-order valence-corrected chi connectivity index (χ0v) is 12.2. The number of nitrogens with two attached hydrogens (primary N) is 1. The second-order valence-corrected chi connectivity index (χ2v) is 5.59. The number of fused-ring (bicyclic) bond motifs is 4. The largest absolute Gasteiger partial charge is 0.420 e. The third-order valence-corrected chi connectivity index (χ3v) is 4.25. The van der Waals surface area contributed by atoms with Gasteiger partial charge in [0.25, 0.3) is 5.91 Å². The minimum absolute atomic E-state index is 0.0533. The Kier molecular flexibility index (Phi) is 2.30. The predicted octanol–water partition coefficient (Wildman–Crippen LogP) is 2.58. The second kappa shape index (κ2) is 4.26. The topological polar surface area (TPSA) is 99.1 Å². The highest BCUT2D eigenvalue weighted by atomic mass is 16.4. The summed E-state index contributed by atoms with van der Waals surface area (Å²) in [4.78, 5) is 34.1. The normalized spacial score (nSPS) is 11.8. The quantitative estimate of drug-likeness (QED) is 0.378. The van der Waals surface area contributed by atoms with E-state index in [2.05, 4.69) is 9.97 Å². The van der Waals surface area contributed by atoms with Crippen molar-refractivity contribution < 1.29 is 9.21 Å². The molecule has 0 spiro atoms. The van der Waals surface area contributed by atoms with Crippen LogP contribution >= 0.6 is 0 Å². The fourth-order valence-corrected chi connectivity index (χ4v) is 3.26. The first-order valence-electron chi connectivity index (χ1n) is 7.32. The molecule has 0 atom stereocenters. The third-order valence-electron chi connectivity index (χ3n) is 4.25. The standard InChI is InChI=1S/C18H9N3O3/c19-17(22)13-12-8-4-1-2-5-9(8)14-16(13)21-15-10(20-14)6-3-7-11(15)24-18(12)23/h1-7H,(H2,19,22). The van der Waals surface area contributed by atoms with Crippen LogP contribution in [0.4, 0.5) is 0 Å². The molecule has 0 unspecified atom stereocenters. The lowest BCUT2D eigenvalue weighted by Gasteiger charge is -2.11. The van der Waals surface area contributed by atoms with E-state index in [1.807, 2.05) is 12.1 Å². The number of hydrogen-bond donors (Lipinski definition) is 1. The van der Waals surface area contributed by atoms with Crippen LogP contribution in [0.3, 0.4) is 0 Å². The Morgan fingerprint density at radius 3 is 2.50 bits per heavy atom. The van der Waals surface area contributed by atoms with Gasteiger partial charge in [-0.2, -0.15) is 0 Å². The molecule has 2 N–H and O–H groups in total. The Morgan fingerprint density at radius 1 is 0.917 bits per heavy atom. The number of carbonyl (C=O) groups excluding carboxylic acids is 1. The van der Waals surface area contributed by atoms with Crippen LogP contribution in [0.5, 0.6) is 0 Å². The number of benzene rings is 3. The maximum atomic E-state index is 12.8. The highest BCUT2D eigenvalue weighted by Gasteiger charge is 2.22. The van der Waals surface area contributed by atoms with E-state index < -0.39 is 11.5 Å². The molecule has 2 aromatic heterocycles. The summed E-state index contributed by atoms with van der Waals surface area (Å²) in [6, 6.07) is 12.4. The van der Waals surface area contributed by atoms with Gasteiger partial charge in [-0.15, -0.1) is 0 Å². The van der Waals surface area contributed by atoms with Crippen LogP contribution in [0, 0.1) is 0 Å². The SMILES string of the molecule is NC(=O)c1c2nc3c4cccc3oc(=O)c1c1ccccc1c2n4. The minimum Gasteiger partial charge on any atom is -0.420 e. The summed E-state index contributed by atoms with van der Waals surface area (Å²) in [6.45, 7) is 0. The summed E-state index contributed by atoms with van der Waals surface area (Å²) >= 11 is 0. The van der Waals surface area contributed by atoms with Crippen molar-refractivity contribution in [2.75, 3.05) is 0 Å². The van der Waals surface area contributed by atoms with Crippen molar-refractivity contribution in [2.24, 2.45) is 5.73 Å². The van der Waals surface area contributed by atoms with E-state index >= 15 is 0 Å². The van der Waals surface area contributed by atoms with Crippen LogP contribution in [0.1, 0.15) is 10.4 Å². The molecule has 6 nitrogen and oxygen atoms in total. The van der Waals surface area contributed by atoms with Crippen molar-refractivity contribution in [3.05, 3.63) is 58.4 Å². The van der Waals surface area contributed by atoms with Gasteiger partial charge in [-0.3, -0.25) is 4.79 Å². The molecule has 5 rings (SSSR count). The Balaban J connectivity index is 2.33. The predicted molar refractivity (Wildman–Crippen MR) is 90.3 cm³/mol. The van der Waals surface area contributed by atoms with Gasteiger partial charge in [0.05, 0.1) is 22.0 Å². The van der Waals surface area contributed by atoms with Crippen LogP contribution < -0.4 is 11.4 Å². The van der Waals surface area contributed by atoms with Gasteiger partial charge in [0.15, 0.2) is 5.58 Å². The highest BCUT2D eigenvalue weighted by molar-refractivity contribution is 6.24. The molecule has 6 heteroatoms. The summed E-state index contributed by atoms with van der Waals surface area (Å²) in [7, 11) is 0. The molecule has 0 saturated heterocycles. The fourth-order valence-electron chi connectivity index (χ4n) is 3.26. The lowest BCUT2D eigenvalue weighted by atomic mass is 9.98. The van der Waals surface area contributed by atoms with E-state index in [1.54, 1.807) is 30.3 Å². The monoisotopic (exact) mass is 315 g/mol. The summed E-state index contributed by atoms with van der Waals surface area (Å²) in [5.41, 5.74) is 7.20. The third kappa shape index (κ3) is 1.49. The number of carbonyl (C=O) groups is 1. The van der Waals surface area contributed by atoms with Gasteiger partial charge in [0.1, 0.15) is 11.0 Å². The van der Waals surface area contributed by atoms with E-state index in [0.717, 1.165) is 5.39 Å². The van der Waals surface area contributed by atoms with Crippen molar-refractivity contribution in [1.29, 1.82) is 0 Å².